The maximum Gasteiger partial charge on any atom is 0.227 e. The van der Waals surface area contributed by atoms with Crippen LogP contribution in [0.15, 0.2) is 28.7 Å². The molecule has 1 fully saturated rings. The summed E-state index contributed by atoms with van der Waals surface area (Å²) in [5.41, 5.74) is 0.363. The lowest BCUT2D eigenvalue weighted by Crippen LogP contribution is -2.63. The van der Waals surface area contributed by atoms with Crippen molar-refractivity contribution in [1.29, 1.82) is 0 Å². The van der Waals surface area contributed by atoms with Gasteiger partial charge in [0, 0.05) is 4.47 Å². The summed E-state index contributed by atoms with van der Waals surface area (Å²) in [6.45, 7) is 3.01. The van der Waals surface area contributed by atoms with E-state index in [0.717, 1.165) is 22.9 Å². The van der Waals surface area contributed by atoms with Crippen LogP contribution in [-0.4, -0.2) is 34.6 Å². The van der Waals surface area contributed by atoms with Gasteiger partial charge >= 0.3 is 0 Å². The summed E-state index contributed by atoms with van der Waals surface area (Å²) in [6.07, 6.45) is 2.12. The molecule has 1 aromatic rings. The molecule has 1 aliphatic heterocycles. The third-order valence-electron chi connectivity index (χ3n) is 3.28. The van der Waals surface area contributed by atoms with Crippen LogP contribution in [0.3, 0.4) is 0 Å². The minimum atomic E-state index is -0.637. The van der Waals surface area contributed by atoms with Gasteiger partial charge in [0.1, 0.15) is 0 Å². The fraction of sp³-hybridized carbons (Fsp3) is 0.500. The zero-order valence-electron chi connectivity index (χ0n) is 10.5. The fourth-order valence-electron chi connectivity index (χ4n) is 2.40. The molecule has 98 valence electrons. The van der Waals surface area contributed by atoms with Crippen molar-refractivity contribution in [3.05, 3.63) is 34.3 Å². The number of rotatable bonds is 4. The molecule has 2 rings (SSSR count). The second-order valence-corrected chi connectivity index (χ2v) is 5.95. The van der Waals surface area contributed by atoms with Crippen LogP contribution in [0, 0.1) is 0 Å². The van der Waals surface area contributed by atoms with Crippen LogP contribution in [-0.2, 0) is 11.2 Å². The van der Waals surface area contributed by atoms with Gasteiger partial charge in [0.05, 0.1) is 25.1 Å². The Labute approximate surface area is 116 Å². The largest absolute Gasteiger partial charge is 0.386 e. The van der Waals surface area contributed by atoms with Crippen molar-refractivity contribution in [2.75, 3.05) is 13.1 Å². The molecular weight excluding hydrogens is 294 g/mol. The molecule has 4 heteroatoms. The zero-order chi connectivity index (χ0) is 13.2. The number of amides is 1. The van der Waals surface area contributed by atoms with Crippen molar-refractivity contribution in [2.45, 2.75) is 31.8 Å². The van der Waals surface area contributed by atoms with E-state index in [0.29, 0.717) is 19.5 Å². The summed E-state index contributed by atoms with van der Waals surface area (Å²) < 4.78 is 0.985. The highest BCUT2D eigenvalue weighted by Gasteiger charge is 2.42. The summed E-state index contributed by atoms with van der Waals surface area (Å²) in [6, 6.07) is 7.77. The first-order valence-corrected chi connectivity index (χ1v) is 7.06. The Balaban J connectivity index is 1.87. The average molecular weight is 312 g/mol. The number of carbonyl (C=O) groups excluding carboxylic acids is 1. The van der Waals surface area contributed by atoms with Crippen LogP contribution in [0.2, 0.25) is 0 Å². The predicted molar refractivity (Wildman–Crippen MR) is 74.3 cm³/mol. The Kier molecular flexibility index (Phi) is 4.07. The van der Waals surface area contributed by atoms with Crippen molar-refractivity contribution >= 4 is 21.8 Å². The molecular formula is C14H18BrNO2. The number of aliphatic hydroxyl groups is 1. The highest BCUT2D eigenvalue weighted by atomic mass is 79.9. The highest BCUT2D eigenvalue weighted by molar-refractivity contribution is 9.10. The molecule has 0 unspecified atom stereocenters. The van der Waals surface area contributed by atoms with Gasteiger partial charge in [0.15, 0.2) is 0 Å². The van der Waals surface area contributed by atoms with Crippen LogP contribution in [0.25, 0.3) is 0 Å². The van der Waals surface area contributed by atoms with Gasteiger partial charge in [-0.1, -0.05) is 41.4 Å². The molecule has 1 heterocycles. The summed E-state index contributed by atoms with van der Waals surface area (Å²) in [4.78, 5) is 13.7. The molecule has 18 heavy (non-hydrogen) atoms. The molecule has 0 atom stereocenters. The zero-order valence-corrected chi connectivity index (χ0v) is 12.1. The molecule has 0 spiro atoms. The molecule has 1 aliphatic rings. The molecule has 0 saturated carbocycles. The maximum absolute atomic E-state index is 12.0. The van der Waals surface area contributed by atoms with Crippen molar-refractivity contribution < 1.29 is 9.90 Å². The minimum Gasteiger partial charge on any atom is -0.386 e. The first-order chi connectivity index (χ1) is 8.52. The van der Waals surface area contributed by atoms with Crippen molar-refractivity contribution in [1.82, 2.24) is 4.90 Å². The first kappa shape index (κ1) is 13.6. The van der Waals surface area contributed by atoms with Gasteiger partial charge in [-0.25, -0.2) is 0 Å². The van der Waals surface area contributed by atoms with Crippen LogP contribution in [0.4, 0.5) is 0 Å². The van der Waals surface area contributed by atoms with Gasteiger partial charge in [-0.2, -0.15) is 0 Å². The van der Waals surface area contributed by atoms with E-state index in [9.17, 15) is 9.90 Å². The number of carbonyl (C=O) groups is 1. The molecule has 1 aromatic carbocycles. The number of nitrogens with zero attached hydrogens (tertiary/aromatic N) is 1. The van der Waals surface area contributed by atoms with Crippen LogP contribution in [0.1, 0.15) is 25.3 Å². The molecule has 0 bridgehead atoms. The lowest BCUT2D eigenvalue weighted by Gasteiger charge is -2.46. The third-order valence-corrected chi connectivity index (χ3v) is 3.78. The standard InChI is InChI=1S/C14H18BrNO2/c1-2-6-14(18)9-16(10-14)13(17)8-11-4-3-5-12(15)7-11/h3-5,7,18H,2,6,8-10H2,1H3. The molecule has 1 saturated heterocycles. The van der Waals surface area contributed by atoms with Crippen LogP contribution < -0.4 is 0 Å². The van der Waals surface area contributed by atoms with Gasteiger partial charge in [-0.3, -0.25) is 4.79 Å². The Morgan fingerprint density at radius 3 is 2.83 bits per heavy atom. The number of hydrogen-bond acceptors (Lipinski definition) is 2. The molecule has 3 nitrogen and oxygen atoms in total. The first-order valence-electron chi connectivity index (χ1n) is 6.27. The van der Waals surface area contributed by atoms with Gasteiger partial charge in [0.2, 0.25) is 5.91 Å². The van der Waals surface area contributed by atoms with E-state index in [-0.39, 0.29) is 5.91 Å². The summed E-state index contributed by atoms with van der Waals surface area (Å²) >= 11 is 3.39. The molecule has 0 radical (unpaired) electrons. The maximum atomic E-state index is 12.0. The average Bonchev–Trinajstić information content (AvgIpc) is 2.26. The second-order valence-electron chi connectivity index (χ2n) is 5.03. The fourth-order valence-corrected chi connectivity index (χ4v) is 2.84. The Morgan fingerprint density at radius 2 is 2.22 bits per heavy atom. The van der Waals surface area contributed by atoms with Gasteiger partial charge < -0.3 is 10.0 Å². The van der Waals surface area contributed by atoms with Crippen molar-refractivity contribution in [3.8, 4) is 0 Å². The Bertz CT molecular complexity index is 441. The third kappa shape index (κ3) is 3.12. The molecule has 1 N–H and O–H groups in total. The van der Waals surface area contributed by atoms with Crippen molar-refractivity contribution in [3.63, 3.8) is 0 Å². The number of halogens is 1. The monoisotopic (exact) mass is 311 g/mol. The predicted octanol–water partition coefficient (Wildman–Crippen LogP) is 2.37. The van der Waals surface area contributed by atoms with E-state index in [4.69, 9.17) is 0 Å². The highest BCUT2D eigenvalue weighted by Crippen LogP contribution is 2.26. The van der Waals surface area contributed by atoms with Gasteiger partial charge in [-0.15, -0.1) is 0 Å². The normalized spacial score (nSPS) is 17.4. The van der Waals surface area contributed by atoms with Crippen molar-refractivity contribution in [2.24, 2.45) is 0 Å². The lowest BCUT2D eigenvalue weighted by molar-refractivity contribution is -0.155. The molecule has 0 aromatic heterocycles. The summed E-state index contributed by atoms with van der Waals surface area (Å²) in [5, 5.41) is 10.0. The number of benzene rings is 1. The minimum absolute atomic E-state index is 0.0916. The summed E-state index contributed by atoms with van der Waals surface area (Å²) in [5.74, 6) is 0.0916. The summed E-state index contributed by atoms with van der Waals surface area (Å²) in [7, 11) is 0. The van der Waals surface area contributed by atoms with E-state index < -0.39 is 5.60 Å². The van der Waals surface area contributed by atoms with Gasteiger partial charge in [-0.05, 0) is 24.1 Å². The van der Waals surface area contributed by atoms with Gasteiger partial charge in [0.25, 0.3) is 0 Å². The number of hydrogen-bond donors (Lipinski definition) is 1. The Hall–Kier alpha value is -0.870. The number of likely N-dealkylation sites (tertiary alicyclic amines) is 1. The smallest absolute Gasteiger partial charge is 0.227 e. The number of β-amino-alcohol motifs (C(OH)–C–C–N with tert-alkyl or cyclic N) is 1. The SMILES string of the molecule is CCCC1(O)CN(C(=O)Cc2cccc(Br)c2)C1. The second kappa shape index (κ2) is 5.41. The van der Waals surface area contributed by atoms with E-state index in [1.807, 2.05) is 31.2 Å². The topological polar surface area (TPSA) is 40.5 Å². The van der Waals surface area contributed by atoms with Crippen LogP contribution >= 0.6 is 15.9 Å². The lowest BCUT2D eigenvalue weighted by atomic mass is 9.89. The van der Waals surface area contributed by atoms with E-state index in [1.165, 1.54) is 0 Å². The molecule has 0 aliphatic carbocycles. The Morgan fingerprint density at radius 1 is 1.50 bits per heavy atom. The van der Waals surface area contributed by atoms with E-state index in [2.05, 4.69) is 15.9 Å². The van der Waals surface area contributed by atoms with E-state index in [1.54, 1.807) is 4.90 Å². The van der Waals surface area contributed by atoms with Crippen LogP contribution in [0.5, 0.6) is 0 Å². The molecule has 1 amide bonds. The van der Waals surface area contributed by atoms with E-state index >= 15 is 0 Å². The quantitative estimate of drug-likeness (QED) is 0.927.